The first-order chi connectivity index (χ1) is 20.0. The zero-order valence-electron chi connectivity index (χ0n) is 24.3. The Labute approximate surface area is 245 Å². The Bertz CT molecular complexity index is 927. The number of aliphatic hydroxyl groups excluding tert-OH is 2. The van der Waals surface area contributed by atoms with Gasteiger partial charge in [-0.1, -0.05) is 0 Å². The molecule has 1 unspecified atom stereocenters. The molecule has 3 heterocycles. The van der Waals surface area contributed by atoms with Crippen molar-refractivity contribution in [2.75, 3.05) is 46.4 Å². The second kappa shape index (κ2) is 14.5. The predicted molar refractivity (Wildman–Crippen MR) is 148 cm³/mol. The molecular formula is C26H49N7O9. The molecule has 42 heavy (non-hydrogen) atoms. The lowest BCUT2D eigenvalue weighted by atomic mass is 9.77. The van der Waals surface area contributed by atoms with Gasteiger partial charge in [0.1, 0.15) is 29.7 Å². The third kappa shape index (κ3) is 7.58. The first-order valence-corrected chi connectivity index (χ1v) is 14.6. The molecule has 0 aromatic rings. The highest BCUT2D eigenvalue weighted by atomic mass is 16.7. The second-order valence-electron chi connectivity index (χ2n) is 11.9. The van der Waals surface area contributed by atoms with E-state index in [9.17, 15) is 25.3 Å². The highest BCUT2D eigenvalue weighted by molar-refractivity contribution is 5.75. The zero-order chi connectivity index (χ0) is 30.6. The summed E-state index contributed by atoms with van der Waals surface area (Å²) in [7, 11) is 1.59. The molecule has 0 spiro atoms. The Balaban J connectivity index is 1.54. The molecule has 11 atom stereocenters. The fourth-order valence-corrected chi connectivity index (χ4v) is 6.12. The average molecular weight is 604 g/mol. The van der Waals surface area contributed by atoms with E-state index in [0.29, 0.717) is 17.2 Å². The van der Waals surface area contributed by atoms with E-state index in [2.05, 4.69) is 16.0 Å². The van der Waals surface area contributed by atoms with E-state index >= 15 is 0 Å². The minimum absolute atomic E-state index is 0.0606. The number of likely N-dealkylation sites (N-methyl/N-ethyl adjacent to an activating group) is 1. The minimum Gasteiger partial charge on any atom is -0.467 e. The molecule has 3 fully saturated rings. The van der Waals surface area contributed by atoms with Crippen molar-refractivity contribution in [3.05, 3.63) is 11.8 Å². The molecular weight excluding hydrogens is 554 g/mol. The highest BCUT2D eigenvalue weighted by Crippen LogP contribution is 2.36. The SMILES string of the molecule is CN[C@@H]1[C@@H](O)[C@@H](O[C@H]2[C@H](CC(=O)N(O)CCN)C[C@H](N)C(O[C@H]3OC(CN)=CC[C@H]3NC3CNC3)[C@@H]2O)OC[C@]1(C)O. The minimum atomic E-state index is -1.38. The smallest absolute Gasteiger partial charge is 0.246 e. The number of carbonyl (C=O) groups is 1. The van der Waals surface area contributed by atoms with Gasteiger partial charge in [0, 0.05) is 38.1 Å². The van der Waals surface area contributed by atoms with Crippen LogP contribution in [-0.4, -0.2) is 145 Å². The largest absolute Gasteiger partial charge is 0.467 e. The first kappa shape index (κ1) is 33.4. The number of nitrogens with zero attached hydrogens (tertiary/aromatic N) is 1. The molecule has 1 amide bonds. The number of carbonyl (C=O) groups excluding carboxylic acids is 1. The van der Waals surface area contributed by atoms with Crippen LogP contribution in [0, 0.1) is 5.92 Å². The van der Waals surface area contributed by atoms with Crippen LogP contribution in [0.5, 0.6) is 0 Å². The molecule has 4 rings (SSSR count). The van der Waals surface area contributed by atoms with E-state index in [1.807, 2.05) is 6.08 Å². The fourth-order valence-electron chi connectivity index (χ4n) is 6.12. The summed E-state index contributed by atoms with van der Waals surface area (Å²) in [4.78, 5) is 12.8. The Morgan fingerprint density at radius 1 is 1.21 bits per heavy atom. The number of nitrogens with one attached hydrogen (secondary N) is 3. The van der Waals surface area contributed by atoms with Crippen LogP contribution in [0.25, 0.3) is 0 Å². The lowest BCUT2D eigenvalue weighted by Gasteiger charge is -2.49. The van der Waals surface area contributed by atoms with Gasteiger partial charge >= 0.3 is 0 Å². The van der Waals surface area contributed by atoms with Gasteiger partial charge in [0.15, 0.2) is 6.29 Å². The number of hydroxylamine groups is 2. The number of ether oxygens (including phenoxy) is 4. The van der Waals surface area contributed by atoms with E-state index in [1.54, 1.807) is 7.05 Å². The molecule has 2 saturated heterocycles. The van der Waals surface area contributed by atoms with Crippen molar-refractivity contribution in [3.8, 4) is 0 Å². The number of hydrogen-bond acceptors (Lipinski definition) is 15. The molecule has 16 nitrogen and oxygen atoms in total. The summed E-state index contributed by atoms with van der Waals surface area (Å²) >= 11 is 0. The molecule has 3 aliphatic heterocycles. The van der Waals surface area contributed by atoms with Crippen molar-refractivity contribution < 1.29 is 44.3 Å². The normalized spacial score (nSPS) is 41.0. The summed E-state index contributed by atoms with van der Waals surface area (Å²) in [5.41, 5.74) is 16.5. The van der Waals surface area contributed by atoms with Crippen LogP contribution in [0.15, 0.2) is 11.8 Å². The van der Waals surface area contributed by atoms with E-state index in [1.165, 1.54) is 6.92 Å². The van der Waals surface area contributed by atoms with Crippen molar-refractivity contribution in [1.29, 1.82) is 0 Å². The van der Waals surface area contributed by atoms with Crippen LogP contribution >= 0.6 is 0 Å². The van der Waals surface area contributed by atoms with Crippen LogP contribution < -0.4 is 33.2 Å². The Kier molecular flexibility index (Phi) is 11.5. The van der Waals surface area contributed by atoms with Crippen molar-refractivity contribution in [1.82, 2.24) is 21.0 Å². The summed E-state index contributed by atoms with van der Waals surface area (Å²) in [6, 6.07) is -1.52. The van der Waals surface area contributed by atoms with E-state index in [4.69, 9.17) is 36.1 Å². The van der Waals surface area contributed by atoms with Crippen molar-refractivity contribution in [2.24, 2.45) is 23.1 Å². The maximum Gasteiger partial charge on any atom is 0.246 e. The predicted octanol–water partition coefficient (Wildman–Crippen LogP) is -4.39. The van der Waals surface area contributed by atoms with Gasteiger partial charge in [-0.15, -0.1) is 0 Å². The Hall–Kier alpha value is -1.51. The highest BCUT2D eigenvalue weighted by Gasteiger charge is 2.52. The van der Waals surface area contributed by atoms with Gasteiger partial charge in [0.2, 0.25) is 12.2 Å². The Morgan fingerprint density at radius 2 is 1.93 bits per heavy atom. The third-order valence-corrected chi connectivity index (χ3v) is 8.55. The summed E-state index contributed by atoms with van der Waals surface area (Å²) in [6.07, 6.45) is -4.34. The van der Waals surface area contributed by atoms with E-state index in [0.717, 1.165) is 13.1 Å². The van der Waals surface area contributed by atoms with Gasteiger partial charge in [-0.25, -0.2) is 5.06 Å². The van der Waals surface area contributed by atoms with Gasteiger partial charge in [0.05, 0.1) is 37.9 Å². The van der Waals surface area contributed by atoms with Crippen molar-refractivity contribution in [3.63, 3.8) is 0 Å². The first-order valence-electron chi connectivity index (χ1n) is 14.6. The zero-order valence-corrected chi connectivity index (χ0v) is 24.3. The van der Waals surface area contributed by atoms with Gasteiger partial charge in [-0.3, -0.25) is 10.0 Å². The van der Waals surface area contributed by atoms with E-state index in [-0.39, 0.29) is 51.2 Å². The number of aliphatic hydroxyl groups is 3. The van der Waals surface area contributed by atoms with Gasteiger partial charge in [-0.2, -0.15) is 0 Å². The monoisotopic (exact) mass is 603 g/mol. The van der Waals surface area contributed by atoms with E-state index < -0.39 is 66.5 Å². The molecule has 1 saturated carbocycles. The van der Waals surface area contributed by atoms with Crippen molar-refractivity contribution in [2.45, 2.75) is 93.0 Å². The van der Waals surface area contributed by atoms with Crippen LogP contribution in [-0.2, 0) is 23.7 Å². The summed E-state index contributed by atoms with van der Waals surface area (Å²) in [6.45, 7) is 3.17. The van der Waals surface area contributed by atoms with Crippen molar-refractivity contribution >= 4 is 5.91 Å². The Morgan fingerprint density at radius 3 is 2.55 bits per heavy atom. The summed E-state index contributed by atoms with van der Waals surface area (Å²) in [5.74, 6) is -0.736. The van der Waals surface area contributed by atoms with Gasteiger partial charge < -0.3 is 67.4 Å². The molecule has 242 valence electrons. The maximum atomic E-state index is 12.8. The average Bonchev–Trinajstić information content (AvgIpc) is 2.92. The van der Waals surface area contributed by atoms with Gasteiger partial charge in [-0.05, 0) is 38.8 Å². The third-order valence-electron chi connectivity index (χ3n) is 8.55. The molecule has 0 radical (unpaired) electrons. The molecule has 13 N–H and O–H groups in total. The topological polar surface area (TPSA) is 252 Å². The molecule has 1 aliphatic carbocycles. The van der Waals surface area contributed by atoms with Crippen LogP contribution in [0.4, 0.5) is 0 Å². The fraction of sp³-hybridized carbons (Fsp3) is 0.885. The standard InChI is InChI=1S/C26H49N7O9/c1-26(37)12-39-25(20(36)23(26)30-2)41-21-13(8-18(34)33(38)6-5-27)7-16(29)22(19(21)35)42-24-17(32-14-10-31-11-14)4-3-15(9-28)40-24/h3,13-14,16-17,19-25,30-32,35-38H,4-12,27-29H2,1-2H3/t13-,16-,17+,19+,20+,21-,22?,23+,24+,25+,26-/m0/s1. The van der Waals surface area contributed by atoms with Crippen LogP contribution in [0.2, 0.25) is 0 Å². The van der Waals surface area contributed by atoms with Gasteiger partial charge in [0.25, 0.3) is 0 Å². The summed E-state index contributed by atoms with van der Waals surface area (Å²) < 4.78 is 24.3. The molecule has 4 aliphatic rings. The molecule has 0 bridgehead atoms. The number of rotatable bonds is 12. The molecule has 0 aromatic heterocycles. The number of nitrogens with two attached hydrogens (primary N) is 3. The maximum absolute atomic E-state index is 12.8. The second-order valence-corrected chi connectivity index (χ2v) is 11.9. The number of amides is 1. The summed E-state index contributed by atoms with van der Waals surface area (Å²) in [5, 5.41) is 53.6. The molecule has 16 heteroatoms. The van der Waals surface area contributed by atoms with Crippen LogP contribution in [0.3, 0.4) is 0 Å². The molecule has 0 aromatic carbocycles. The quantitative estimate of drug-likeness (QED) is 0.0747. The number of hydrogen-bond donors (Lipinski definition) is 10. The van der Waals surface area contributed by atoms with Crippen LogP contribution in [0.1, 0.15) is 26.2 Å². The lowest BCUT2D eigenvalue weighted by molar-refractivity contribution is -0.308. The lowest BCUT2D eigenvalue weighted by Crippen LogP contribution is -2.67.